The molecule has 2 aliphatic rings. The maximum absolute atomic E-state index is 2.47. The number of benzene rings is 10. The summed E-state index contributed by atoms with van der Waals surface area (Å²) in [5, 5.41) is 5.06. The Morgan fingerprint density at radius 1 is 0.439 bits per heavy atom. The average molecular weight is 846 g/mol. The Labute approximate surface area is 386 Å². The fraction of sp³-hybridized carbons (Fsp3) is 0.0794. The molecule has 2 heterocycles. The zero-order valence-electron chi connectivity index (χ0n) is 37.1. The van der Waals surface area contributed by atoms with Crippen LogP contribution in [-0.4, -0.2) is 4.57 Å². The lowest BCUT2D eigenvalue weighted by atomic mass is 9.82. The number of para-hydroxylation sites is 3. The molecule has 1 aromatic heterocycles. The minimum Gasteiger partial charge on any atom is -0.310 e. The summed E-state index contributed by atoms with van der Waals surface area (Å²) < 4.78 is 2.41. The summed E-state index contributed by atoms with van der Waals surface area (Å²) in [6.07, 6.45) is 2.04. The van der Waals surface area contributed by atoms with Crippen LogP contribution in [0.2, 0.25) is 0 Å². The average Bonchev–Trinajstić information content (AvgIpc) is 3.76. The van der Waals surface area contributed by atoms with Gasteiger partial charge in [-0.3, -0.25) is 0 Å². The highest BCUT2D eigenvalue weighted by atomic mass is 15.2. The molecule has 66 heavy (non-hydrogen) atoms. The third kappa shape index (κ3) is 5.90. The molecule has 0 unspecified atom stereocenters. The van der Waals surface area contributed by atoms with Crippen LogP contribution in [0.15, 0.2) is 224 Å². The van der Waals surface area contributed by atoms with E-state index in [1.165, 1.54) is 94.1 Å². The third-order valence-corrected chi connectivity index (χ3v) is 14.4. The fourth-order valence-corrected chi connectivity index (χ4v) is 11.3. The van der Waals surface area contributed by atoms with Crippen molar-refractivity contribution < 1.29 is 0 Å². The molecule has 0 saturated heterocycles. The quantitative estimate of drug-likeness (QED) is 0.165. The van der Waals surface area contributed by atoms with Gasteiger partial charge < -0.3 is 14.4 Å². The van der Waals surface area contributed by atoms with Crippen LogP contribution in [0.4, 0.5) is 34.1 Å². The van der Waals surface area contributed by atoms with E-state index in [1.54, 1.807) is 0 Å². The molecule has 10 aromatic carbocycles. The number of hydrogen-bond donors (Lipinski definition) is 0. The third-order valence-electron chi connectivity index (χ3n) is 14.4. The van der Waals surface area contributed by atoms with Gasteiger partial charge in [-0.1, -0.05) is 153 Å². The van der Waals surface area contributed by atoms with E-state index >= 15 is 0 Å². The molecule has 0 radical (unpaired) electrons. The van der Waals surface area contributed by atoms with Crippen LogP contribution in [0, 0.1) is 0 Å². The fourth-order valence-electron chi connectivity index (χ4n) is 11.3. The number of anilines is 6. The molecule has 0 bridgehead atoms. The zero-order valence-corrected chi connectivity index (χ0v) is 37.1. The van der Waals surface area contributed by atoms with Gasteiger partial charge in [0.05, 0.1) is 16.7 Å². The molecule has 0 N–H and O–H groups in total. The first-order valence-electron chi connectivity index (χ1n) is 23.2. The predicted octanol–water partition coefficient (Wildman–Crippen LogP) is 16.9. The van der Waals surface area contributed by atoms with Gasteiger partial charge in [0.2, 0.25) is 0 Å². The predicted molar refractivity (Wildman–Crippen MR) is 278 cm³/mol. The van der Waals surface area contributed by atoms with Crippen molar-refractivity contribution in [1.29, 1.82) is 0 Å². The highest BCUT2D eigenvalue weighted by Gasteiger charge is 2.38. The zero-order chi connectivity index (χ0) is 43.9. The highest BCUT2D eigenvalue weighted by molar-refractivity contribution is 6.22. The number of rotatable bonds is 6. The Bertz CT molecular complexity index is 3620. The van der Waals surface area contributed by atoms with E-state index in [2.05, 4.69) is 253 Å². The summed E-state index contributed by atoms with van der Waals surface area (Å²) in [5.41, 5.74) is 21.0. The molecule has 13 rings (SSSR count). The van der Waals surface area contributed by atoms with Crippen LogP contribution in [0.3, 0.4) is 0 Å². The minimum absolute atomic E-state index is 0.123. The number of aromatic nitrogens is 1. The molecule has 0 fully saturated rings. The molecule has 0 amide bonds. The summed E-state index contributed by atoms with van der Waals surface area (Å²) in [6, 6.07) is 83.1. The van der Waals surface area contributed by atoms with Crippen LogP contribution in [0.5, 0.6) is 0 Å². The molecule has 1 aliphatic heterocycles. The van der Waals surface area contributed by atoms with Crippen LogP contribution < -0.4 is 9.80 Å². The Morgan fingerprint density at radius 3 is 1.80 bits per heavy atom. The second-order valence-corrected chi connectivity index (χ2v) is 18.4. The summed E-state index contributed by atoms with van der Waals surface area (Å²) in [7, 11) is 0. The lowest BCUT2D eigenvalue weighted by Gasteiger charge is -2.30. The van der Waals surface area contributed by atoms with E-state index in [-0.39, 0.29) is 5.41 Å². The number of hydrogen-bond acceptors (Lipinski definition) is 2. The minimum atomic E-state index is -0.123. The van der Waals surface area contributed by atoms with Crippen molar-refractivity contribution in [1.82, 2.24) is 4.57 Å². The molecular formula is C63H47N3. The first-order valence-corrected chi connectivity index (χ1v) is 23.2. The topological polar surface area (TPSA) is 11.4 Å². The van der Waals surface area contributed by atoms with Gasteiger partial charge in [-0.15, -0.1) is 0 Å². The van der Waals surface area contributed by atoms with E-state index < -0.39 is 0 Å². The molecular weight excluding hydrogens is 799 g/mol. The molecule has 3 nitrogen and oxygen atoms in total. The first-order chi connectivity index (χ1) is 32.5. The SMILES string of the molecule is CC1(C)c2ccccc2-c2c(N(c3ccc(-c4ccc5c(c4)c4c6ccccc6ccc4n5-c4ccccc4)cc3)c3ccc(N4c5ccccc5CCc5ccccc54)cc3)cccc21. The summed E-state index contributed by atoms with van der Waals surface area (Å²) in [6.45, 7) is 4.73. The lowest BCUT2D eigenvalue weighted by Crippen LogP contribution is -2.16. The van der Waals surface area contributed by atoms with E-state index in [0.29, 0.717) is 0 Å². The van der Waals surface area contributed by atoms with Gasteiger partial charge in [-0.25, -0.2) is 0 Å². The maximum atomic E-state index is 2.47. The van der Waals surface area contributed by atoms with E-state index in [4.69, 9.17) is 0 Å². The van der Waals surface area contributed by atoms with Crippen molar-refractivity contribution in [2.45, 2.75) is 32.1 Å². The van der Waals surface area contributed by atoms with Gasteiger partial charge in [0.15, 0.2) is 0 Å². The van der Waals surface area contributed by atoms with Crippen LogP contribution in [0.1, 0.15) is 36.1 Å². The van der Waals surface area contributed by atoms with Crippen molar-refractivity contribution in [2.75, 3.05) is 9.80 Å². The Hall–Kier alpha value is -8.14. The van der Waals surface area contributed by atoms with Crippen LogP contribution in [-0.2, 0) is 18.3 Å². The second-order valence-electron chi connectivity index (χ2n) is 18.4. The Morgan fingerprint density at radius 2 is 1.05 bits per heavy atom. The van der Waals surface area contributed by atoms with E-state index in [1.807, 2.05) is 0 Å². The van der Waals surface area contributed by atoms with Gasteiger partial charge in [0.1, 0.15) is 0 Å². The van der Waals surface area contributed by atoms with Crippen molar-refractivity contribution in [3.8, 4) is 27.9 Å². The van der Waals surface area contributed by atoms with Gasteiger partial charge in [-0.05, 0) is 147 Å². The lowest BCUT2D eigenvalue weighted by molar-refractivity contribution is 0.660. The summed E-state index contributed by atoms with van der Waals surface area (Å²) in [5.74, 6) is 0. The van der Waals surface area contributed by atoms with E-state index in [9.17, 15) is 0 Å². The standard InChI is InChI=1S/C63H47N3/c1-63(2)54-22-11-10-21-52(54)62-55(63)23-14-26-59(62)64(49-35-37-50(38-36-49)65-56-24-12-7-16-44(56)27-28-45-17-8-13-25-57(45)65)48-33-29-42(30-34-48)46-32-39-58-53(41-46)61-51-20-9-6-15-43(51)31-40-60(61)66(58)47-18-4-3-5-19-47/h3-26,29-41H,27-28H2,1-2H3. The number of fused-ring (bicyclic) bond motifs is 10. The normalized spacial score (nSPS) is 13.6. The molecule has 3 heteroatoms. The Balaban J connectivity index is 0.959. The Kier molecular flexibility index (Phi) is 8.69. The van der Waals surface area contributed by atoms with Crippen molar-refractivity contribution in [3.05, 3.63) is 247 Å². The van der Waals surface area contributed by atoms with Crippen LogP contribution >= 0.6 is 0 Å². The van der Waals surface area contributed by atoms with E-state index in [0.717, 1.165) is 35.6 Å². The summed E-state index contributed by atoms with van der Waals surface area (Å²) >= 11 is 0. The molecule has 314 valence electrons. The molecule has 0 atom stereocenters. The van der Waals surface area contributed by atoms with Crippen molar-refractivity contribution >= 4 is 66.7 Å². The van der Waals surface area contributed by atoms with Crippen molar-refractivity contribution in [2.24, 2.45) is 0 Å². The molecule has 11 aromatic rings. The molecule has 0 saturated carbocycles. The van der Waals surface area contributed by atoms with Gasteiger partial charge in [-0.2, -0.15) is 0 Å². The number of aryl methyl sites for hydroxylation is 2. The molecule has 0 spiro atoms. The van der Waals surface area contributed by atoms with Gasteiger partial charge >= 0.3 is 0 Å². The molecule has 1 aliphatic carbocycles. The first kappa shape index (κ1) is 38.3. The highest BCUT2D eigenvalue weighted by Crippen LogP contribution is 2.54. The summed E-state index contributed by atoms with van der Waals surface area (Å²) in [4.78, 5) is 4.92. The number of nitrogens with zero attached hydrogens (tertiary/aromatic N) is 3. The van der Waals surface area contributed by atoms with Crippen molar-refractivity contribution in [3.63, 3.8) is 0 Å². The van der Waals surface area contributed by atoms with Crippen LogP contribution in [0.25, 0.3) is 60.5 Å². The smallest absolute Gasteiger partial charge is 0.0547 e. The maximum Gasteiger partial charge on any atom is 0.0547 e. The monoisotopic (exact) mass is 845 g/mol. The second kappa shape index (κ2) is 15.0. The van der Waals surface area contributed by atoms with Gasteiger partial charge in [0, 0.05) is 55.9 Å². The van der Waals surface area contributed by atoms with Gasteiger partial charge in [0.25, 0.3) is 0 Å². The largest absolute Gasteiger partial charge is 0.310 e.